The van der Waals surface area contributed by atoms with Gasteiger partial charge < -0.3 is 15.2 Å². The van der Waals surface area contributed by atoms with Crippen molar-refractivity contribution in [3.05, 3.63) is 29.3 Å². The maximum absolute atomic E-state index is 12.3. The highest BCUT2D eigenvalue weighted by Crippen LogP contribution is 2.35. The van der Waals surface area contributed by atoms with Gasteiger partial charge in [-0.2, -0.15) is 0 Å². The lowest BCUT2D eigenvalue weighted by Crippen LogP contribution is -2.39. The molecule has 22 heavy (non-hydrogen) atoms. The smallest absolute Gasteiger partial charge is 0.225 e. The van der Waals surface area contributed by atoms with E-state index >= 15 is 0 Å². The zero-order chi connectivity index (χ0) is 16.5. The highest BCUT2D eigenvalue weighted by atomic mass is 16.5. The van der Waals surface area contributed by atoms with Gasteiger partial charge >= 0.3 is 0 Å². The first-order chi connectivity index (χ1) is 10.2. The fraction of sp³-hybridized carbons (Fsp3) is 0.611. The van der Waals surface area contributed by atoms with Crippen LogP contribution < -0.4 is 10.1 Å². The molecule has 0 radical (unpaired) electrons. The topological polar surface area (TPSA) is 58.6 Å². The average Bonchev–Trinajstić information content (AvgIpc) is 2.45. The van der Waals surface area contributed by atoms with Gasteiger partial charge in [-0.1, -0.05) is 40.7 Å². The van der Waals surface area contributed by atoms with Gasteiger partial charge in [-0.05, 0) is 23.6 Å². The molecule has 2 atom stereocenters. The van der Waals surface area contributed by atoms with Crippen LogP contribution in [-0.4, -0.2) is 17.6 Å². The Morgan fingerprint density at radius 2 is 2.05 bits per heavy atom. The van der Waals surface area contributed by atoms with Gasteiger partial charge in [0.1, 0.15) is 5.75 Å². The Morgan fingerprint density at radius 1 is 1.36 bits per heavy atom. The van der Waals surface area contributed by atoms with Crippen LogP contribution in [0.5, 0.6) is 5.75 Å². The lowest BCUT2D eigenvalue weighted by atomic mass is 9.91. The maximum Gasteiger partial charge on any atom is 0.225 e. The highest BCUT2D eigenvalue weighted by Gasteiger charge is 2.29. The molecule has 0 saturated carbocycles. The lowest BCUT2D eigenvalue weighted by molar-refractivity contribution is -0.129. The summed E-state index contributed by atoms with van der Waals surface area (Å²) in [6.45, 7) is 10.3. The minimum Gasteiger partial charge on any atom is -0.493 e. The quantitative estimate of drug-likeness (QED) is 0.900. The van der Waals surface area contributed by atoms with Gasteiger partial charge in [-0.3, -0.25) is 4.79 Å². The second-order valence-corrected chi connectivity index (χ2v) is 7.40. The number of hydrogen-bond donors (Lipinski definition) is 2. The second kappa shape index (κ2) is 6.29. The number of aliphatic hydroxyl groups is 1. The molecule has 1 aliphatic heterocycles. The van der Waals surface area contributed by atoms with Crippen LogP contribution in [0.15, 0.2) is 18.2 Å². The van der Waals surface area contributed by atoms with E-state index in [1.54, 1.807) is 0 Å². The van der Waals surface area contributed by atoms with Gasteiger partial charge in [0.25, 0.3) is 0 Å². The van der Waals surface area contributed by atoms with E-state index in [0.717, 1.165) is 23.3 Å². The summed E-state index contributed by atoms with van der Waals surface area (Å²) in [4.78, 5) is 12.3. The van der Waals surface area contributed by atoms with Crippen LogP contribution >= 0.6 is 0 Å². The molecular weight excluding hydrogens is 278 g/mol. The van der Waals surface area contributed by atoms with Crippen molar-refractivity contribution in [3.63, 3.8) is 0 Å². The fourth-order valence-electron chi connectivity index (χ4n) is 2.51. The third-order valence-electron chi connectivity index (χ3n) is 4.03. The molecule has 1 heterocycles. The molecule has 1 aromatic carbocycles. The molecule has 2 rings (SSSR count). The summed E-state index contributed by atoms with van der Waals surface area (Å²) in [5, 5.41) is 13.4. The summed E-state index contributed by atoms with van der Waals surface area (Å²) in [6, 6.07) is 5.70. The first-order valence-electron chi connectivity index (χ1n) is 7.96. The third kappa shape index (κ3) is 3.61. The Hall–Kier alpha value is -1.55. The number of nitrogens with one attached hydrogen (secondary N) is 1. The maximum atomic E-state index is 12.3. The summed E-state index contributed by atoms with van der Waals surface area (Å²) >= 11 is 0. The minimum absolute atomic E-state index is 0.0279. The van der Waals surface area contributed by atoms with Crippen molar-refractivity contribution < 1.29 is 14.6 Å². The lowest BCUT2D eigenvalue weighted by Gasteiger charge is -2.30. The number of aliphatic hydroxyl groups excluding tert-OH is 1. The number of amides is 1. The van der Waals surface area contributed by atoms with Gasteiger partial charge in [0.05, 0.1) is 18.8 Å². The molecule has 0 bridgehead atoms. The zero-order valence-corrected chi connectivity index (χ0v) is 14.1. The van der Waals surface area contributed by atoms with Crippen LogP contribution in [-0.2, 0) is 4.79 Å². The minimum atomic E-state index is -0.508. The number of fused-ring (bicyclic) bond motifs is 1. The van der Waals surface area contributed by atoms with Crippen LogP contribution in [0.25, 0.3) is 0 Å². The summed E-state index contributed by atoms with van der Waals surface area (Å²) in [5.41, 5.74) is 1.41. The van der Waals surface area contributed by atoms with E-state index in [4.69, 9.17) is 4.74 Å². The first kappa shape index (κ1) is 16.8. The number of carbonyl (C=O) groups is 1. The Kier molecular flexibility index (Phi) is 4.81. The molecule has 0 spiro atoms. The third-order valence-corrected chi connectivity index (χ3v) is 4.03. The van der Waals surface area contributed by atoms with Crippen LogP contribution in [0.4, 0.5) is 0 Å². The van der Waals surface area contributed by atoms with E-state index in [-0.39, 0.29) is 17.9 Å². The molecule has 0 aliphatic carbocycles. The largest absolute Gasteiger partial charge is 0.493 e. The van der Waals surface area contributed by atoms with E-state index < -0.39 is 11.5 Å². The molecule has 2 unspecified atom stereocenters. The van der Waals surface area contributed by atoms with Crippen molar-refractivity contribution >= 4 is 5.91 Å². The van der Waals surface area contributed by atoms with Crippen LogP contribution in [0, 0.1) is 11.3 Å². The average molecular weight is 305 g/mol. The molecule has 0 saturated heterocycles. The predicted molar refractivity (Wildman–Crippen MR) is 86.7 cm³/mol. The van der Waals surface area contributed by atoms with Gasteiger partial charge in [-0.15, -0.1) is 0 Å². The van der Waals surface area contributed by atoms with Crippen molar-refractivity contribution in [1.82, 2.24) is 5.32 Å². The molecule has 1 amide bonds. The van der Waals surface area contributed by atoms with Crippen molar-refractivity contribution in [2.24, 2.45) is 11.3 Å². The van der Waals surface area contributed by atoms with Crippen molar-refractivity contribution in [2.45, 2.75) is 53.2 Å². The van der Waals surface area contributed by atoms with E-state index in [2.05, 4.69) is 5.32 Å². The highest BCUT2D eigenvalue weighted by molar-refractivity contribution is 5.81. The summed E-state index contributed by atoms with van der Waals surface area (Å²) in [5.74, 6) is 0.968. The molecule has 0 aromatic heterocycles. The monoisotopic (exact) mass is 305 g/mol. The Labute approximate surface area is 132 Å². The molecule has 4 heteroatoms. The Balaban J connectivity index is 2.28. The van der Waals surface area contributed by atoms with Gasteiger partial charge in [0, 0.05) is 17.4 Å². The molecule has 4 nitrogen and oxygen atoms in total. The van der Waals surface area contributed by atoms with Gasteiger partial charge in [-0.25, -0.2) is 0 Å². The molecule has 2 N–H and O–H groups in total. The van der Waals surface area contributed by atoms with E-state index in [0.29, 0.717) is 6.61 Å². The standard InChI is InChI=1S/C18H27NO3/c1-11(2)16(20)12-6-7-15-13(10-12)14(8-9-22-15)19-17(21)18(3,4)5/h6-7,10-11,14,16,20H,8-9H2,1-5H3,(H,19,21). The summed E-state index contributed by atoms with van der Waals surface area (Å²) < 4.78 is 5.68. The van der Waals surface area contributed by atoms with E-state index in [1.165, 1.54) is 0 Å². The SMILES string of the molecule is CC(C)C(O)c1ccc2c(c1)C(NC(=O)C(C)(C)C)CCO2. The van der Waals surface area contributed by atoms with Gasteiger partial charge in [0.2, 0.25) is 5.91 Å². The summed E-state index contributed by atoms with van der Waals surface area (Å²) in [6.07, 6.45) is 0.238. The molecule has 1 aromatic rings. The van der Waals surface area contributed by atoms with Crippen LogP contribution in [0.1, 0.15) is 64.3 Å². The zero-order valence-electron chi connectivity index (χ0n) is 14.1. The molecular formula is C18H27NO3. The number of benzene rings is 1. The van der Waals surface area contributed by atoms with Crippen molar-refractivity contribution in [3.8, 4) is 5.75 Å². The Bertz CT molecular complexity index is 546. The number of hydrogen-bond acceptors (Lipinski definition) is 3. The van der Waals surface area contributed by atoms with E-state index in [1.807, 2.05) is 52.8 Å². The normalized spacial score (nSPS) is 19.3. The van der Waals surface area contributed by atoms with Crippen molar-refractivity contribution in [1.29, 1.82) is 0 Å². The molecule has 0 fully saturated rings. The van der Waals surface area contributed by atoms with Crippen LogP contribution in [0.2, 0.25) is 0 Å². The number of rotatable bonds is 3. The second-order valence-electron chi connectivity index (χ2n) is 7.40. The van der Waals surface area contributed by atoms with Crippen molar-refractivity contribution in [2.75, 3.05) is 6.61 Å². The molecule has 122 valence electrons. The first-order valence-corrected chi connectivity index (χ1v) is 7.96. The number of carbonyl (C=O) groups excluding carboxylic acids is 1. The number of ether oxygens (including phenoxy) is 1. The predicted octanol–water partition coefficient (Wildman–Crippen LogP) is 3.36. The fourth-order valence-corrected chi connectivity index (χ4v) is 2.51. The van der Waals surface area contributed by atoms with Gasteiger partial charge in [0.15, 0.2) is 0 Å². The molecule has 1 aliphatic rings. The Morgan fingerprint density at radius 3 is 2.64 bits per heavy atom. The summed E-state index contributed by atoms with van der Waals surface area (Å²) in [7, 11) is 0. The van der Waals surface area contributed by atoms with Crippen LogP contribution in [0.3, 0.4) is 0 Å². The van der Waals surface area contributed by atoms with E-state index in [9.17, 15) is 9.90 Å².